The van der Waals surface area contributed by atoms with E-state index < -0.39 is 6.09 Å². The lowest BCUT2D eigenvalue weighted by Crippen LogP contribution is -2.48. The molecule has 6 nitrogen and oxygen atoms in total. The highest BCUT2D eigenvalue weighted by atomic mass is 16.5. The van der Waals surface area contributed by atoms with Gasteiger partial charge in [0.05, 0.1) is 12.7 Å². The maximum atomic E-state index is 10.4. The summed E-state index contributed by atoms with van der Waals surface area (Å²) in [7, 11) is 0. The van der Waals surface area contributed by atoms with Gasteiger partial charge < -0.3 is 20.5 Å². The van der Waals surface area contributed by atoms with E-state index >= 15 is 0 Å². The fraction of sp³-hybridized carbons (Fsp3) is 0.909. The Morgan fingerprint density at radius 3 is 2.76 bits per heavy atom. The van der Waals surface area contributed by atoms with E-state index in [4.69, 9.17) is 9.84 Å². The molecular weight excluding hydrogens is 222 g/mol. The molecule has 0 bridgehead atoms. The molecule has 1 amide bonds. The van der Waals surface area contributed by atoms with Gasteiger partial charge in [0.15, 0.2) is 0 Å². The van der Waals surface area contributed by atoms with Crippen LogP contribution in [-0.2, 0) is 4.74 Å². The van der Waals surface area contributed by atoms with E-state index in [1.54, 1.807) is 0 Å². The number of carboxylic acid groups (broad SMARTS) is 1. The first kappa shape index (κ1) is 12.6. The van der Waals surface area contributed by atoms with Crippen LogP contribution in [0, 0.1) is 0 Å². The van der Waals surface area contributed by atoms with Crippen molar-refractivity contribution in [2.75, 3.05) is 39.3 Å². The Morgan fingerprint density at radius 1 is 1.41 bits per heavy atom. The van der Waals surface area contributed by atoms with E-state index in [0.29, 0.717) is 0 Å². The third kappa shape index (κ3) is 4.14. The van der Waals surface area contributed by atoms with Crippen LogP contribution in [0.25, 0.3) is 0 Å². The number of nitrogens with zero attached hydrogens (tertiary/aromatic N) is 1. The lowest BCUT2D eigenvalue weighted by molar-refractivity contribution is -0.0237. The predicted octanol–water partition coefficient (Wildman–Crippen LogP) is -0.293. The molecule has 98 valence electrons. The summed E-state index contributed by atoms with van der Waals surface area (Å²) in [6, 6.07) is 0.0942. The van der Waals surface area contributed by atoms with Crippen LogP contribution in [0.5, 0.6) is 0 Å². The van der Waals surface area contributed by atoms with Gasteiger partial charge in [-0.3, -0.25) is 4.90 Å². The van der Waals surface area contributed by atoms with Gasteiger partial charge in [-0.15, -0.1) is 0 Å². The molecule has 2 aliphatic rings. The molecule has 0 aromatic heterocycles. The molecule has 0 unspecified atom stereocenters. The molecule has 1 saturated heterocycles. The molecule has 2 rings (SSSR count). The van der Waals surface area contributed by atoms with Gasteiger partial charge in [0.2, 0.25) is 0 Å². The number of hydrogen-bond acceptors (Lipinski definition) is 4. The van der Waals surface area contributed by atoms with E-state index in [2.05, 4.69) is 15.5 Å². The zero-order valence-electron chi connectivity index (χ0n) is 10.0. The summed E-state index contributed by atoms with van der Waals surface area (Å²) in [4.78, 5) is 12.8. The van der Waals surface area contributed by atoms with Crippen molar-refractivity contribution in [3.63, 3.8) is 0 Å². The van der Waals surface area contributed by atoms with Crippen molar-refractivity contribution in [1.29, 1.82) is 0 Å². The third-order valence-corrected chi connectivity index (χ3v) is 3.39. The van der Waals surface area contributed by atoms with Gasteiger partial charge >= 0.3 is 6.09 Å². The molecule has 1 saturated carbocycles. The summed E-state index contributed by atoms with van der Waals surface area (Å²) in [5, 5.41) is 14.3. The summed E-state index contributed by atoms with van der Waals surface area (Å²) < 4.78 is 5.70. The monoisotopic (exact) mass is 243 g/mol. The molecule has 3 N–H and O–H groups in total. The fourth-order valence-electron chi connectivity index (χ4n) is 2.28. The second kappa shape index (κ2) is 6.18. The molecule has 17 heavy (non-hydrogen) atoms. The SMILES string of the molecule is O=C(O)NC1CC(OCCN2CCNCC2)C1. The number of ether oxygens (including phenoxy) is 1. The summed E-state index contributed by atoms with van der Waals surface area (Å²) in [6.07, 6.45) is 0.936. The number of nitrogens with one attached hydrogen (secondary N) is 2. The van der Waals surface area contributed by atoms with E-state index in [9.17, 15) is 4.79 Å². The van der Waals surface area contributed by atoms with E-state index in [0.717, 1.165) is 52.2 Å². The van der Waals surface area contributed by atoms with Gasteiger partial charge in [-0.1, -0.05) is 0 Å². The van der Waals surface area contributed by atoms with E-state index in [1.165, 1.54) is 0 Å². The molecule has 0 atom stereocenters. The van der Waals surface area contributed by atoms with Gasteiger partial charge in [0.1, 0.15) is 0 Å². The highest BCUT2D eigenvalue weighted by Crippen LogP contribution is 2.23. The highest BCUT2D eigenvalue weighted by molar-refractivity contribution is 5.65. The summed E-state index contributed by atoms with van der Waals surface area (Å²) in [6.45, 7) is 6.05. The second-order valence-electron chi connectivity index (χ2n) is 4.70. The van der Waals surface area contributed by atoms with Crippen LogP contribution in [0.2, 0.25) is 0 Å². The molecule has 1 aliphatic carbocycles. The maximum Gasteiger partial charge on any atom is 0.404 e. The minimum absolute atomic E-state index is 0.0942. The van der Waals surface area contributed by atoms with Gasteiger partial charge in [-0.05, 0) is 12.8 Å². The average molecular weight is 243 g/mol. The van der Waals surface area contributed by atoms with Crippen LogP contribution in [0.15, 0.2) is 0 Å². The minimum atomic E-state index is -0.936. The molecular formula is C11H21N3O3. The standard InChI is InChI=1S/C11H21N3O3/c15-11(16)13-9-7-10(8-9)17-6-5-14-3-1-12-2-4-14/h9-10,12-13H,1-8H2,(H,15,16). The van der Waals surface area contributed by atoms with Gasteiger partial charge in [0.25, 0.3) is 0 Å². The molecule has 0 radical (unpaired) electrons. The van der Waals surface area contributed by atoms with Crippen LogP contribution in [-0.4, -0.2) is 67.6 Å². The summed E-state index contributed by atoms with van der Waals surface area (Å²) in [5.41, 5.74) is 0. The molecule has 0 spiro atoms. The summed E-state index contributed by atoms with van der Waals surface area (Å²) in [5.74, 6) is 0. The van der Waals surface area contributed by atoms with Crippen molar-refractivity contribution in [2.24, 2.45) is 0 Å². The third-order valence-electron chi connectivity index (χ3n) is 3.39. The fourth-order valence-corrected chi connectivity index (χ4v) is 2.28. The Bertz CT molecular complexity index is 250. The lowest BCUT2D eigenvalue weighted by atomic mass is 9.89. The molecule has 1 aliphatic heterocycles. The van der Waals surface area contributed by atoms with Crippen molar-refractivity contribution in [3.8, 4) is 0 Å². The van der Waals surface area contributed by atoms with Gasteiger partial charge in [-0.2, -0.15) is 0 Å². The zero-order valence-corrected chi connectivity index (χ0v) is 10.0. The molecule has 6 heteroatoms. The van der Waals surface area contributed by atoms with Crippen molar-refractivity contribution < 1.29 is 14.6 Å². The topological polar surface area (TPSA) is 73.8 Å². The number of hydrogen-bond donors (Lipinski definition) is 3. The normalized spacial score (nSPS) is 29.6. The smallest absolute Gasteiger partial charge is 0.404 e. The number of rotatable bonds is 5. The predicted molar refractivity (Wildman–Crippen MR) is 63.2 cm³/mol. The van der Waals surface area contributed by atoms with Gasteiger partial charge in [0, 0.05) is 38.8 Å². The number of piperazine rings is 1. The highest BCUT2D eigenvalue weighted by Gasteiger charge is 2.30. The van der Waals surface area contributed by atoms with E-state index in [1.807, 2.05) is 0 Å². The van der Waals surface area contributed by atoms with Crippen molar-refractivity contribution in [1.82, 2.24) is 15.5 Å². The van der Waals surface area contributed by atoms with Crippen molar-refractivity contribution in [3.05, 3.63) is 0 Å². The second-order valence-corrected chi connectivity index (χ2v) is 4.70. The maximum absolute atomic E-state index is 10.4. The van der Waals surface area contributed by atoms with Crippen LogP contribution in [0.1, 0.15) is 12.8 Å². The first-order valence-electron chi connectivity index (χ1n) is 6.28. The Morgan fingerprint density at radius 2 is 2.12 bits per heavy atom. The van der Waals surface area contributed by atoms with Crippen molar-refractivity contribution in [2.45, 2.75) is 25.0 Å². The first-order valence-corrected chi connectivity index (χ1v) is 6.28. The molecule has 0 aromatic carbocycles. The number of carbonyl (C=O) groups is 1. The first-order chi connectivity index (χ1) is 8.24. The molecule has 2 fully saturated rings. The zero-order chi connectivity index (χ0) is 12.1. The Labute approximate surface area is 101 Å². The molecule has 1 heterocycles. The number of amides is 1. The Balaban J connectivity index is 1.48. The molecule has 0 aromatic rings. The average Bonchev–Trinajstić information content (AvgIpc) is 2.26. The van der Waals surface area contributed by atoms with Crippen LogP contribution >= 0.6 is 0 Å². The van der Waals surface area contributed by atoms with E-state index in [-0.39, 0.29) is 12.1 Å². The van der Waals surface area contributed by atoms with Crippen LogP contribution in [0.3, 0.4) is 0 Å². The Hall–Kier alpha value is -0.850. The van der Waals surface area contributed by atoms with Gasteiger partial charge in [-0.25, -0.2) is 4.79 Å². The van der Waals surface area contributed by atoms with Crippen molar-refractivity contribution >= 4 is 6.09 Å². The van der Waals surface area contributed by atoms with Crippen LogP contribution in [0.4, 0.5) is 4.79 Å². The largest absolute Gasteiger partial charge is 0.465 e. The minimum Gasteiger partial charge on any atom is -0.465 e. The quantitative estimate of drug-likeness (QED) is 0.618. The lowest BCUT2D eigenvalue weighted by Gasteiger charge is -2.35. The van der Waals surface area contributed by atoms with Crippen LogP contribution < -0.4 is 10.6 Å². The Kier molecular flexibility index (Phi) is 4.58. The summed E-state index contributed by atoms with van der Waals surface area (Å²) >= 11 is 0.